The SMILES string of the molecule is CCN(C)CC(=O)N1CCC[C@H](c2cc(N3CCOCC3)nc(C)n2)C1. The van der Waals surface area contributed by atoms with Gasteiger partial charge in [-0.25, -0.2) is 9.97 Å². The van der Waals surface area contributed by atoms with E-state index in [1.807, 2.05) is 18.9 Å². The van der Waals surface area contributed by atoms with E-state index < -0.39 is 0 Å². The molecular formula is C19H31N5O2. The number of aromatic nitrogens is 2. The Morgan fingerprint density at radius 1 is 1.31 bits per heavy atom. The van der Waals surface area contributed by atoms with Crippen molar-refractivity contribution in [1.82, 2.24) is 19.8 Å². The van der Waals surface area contributed by atoms with Crippen molar-refractivity contribution in [3.8, 4) is 0 Å². The monoisotopic (exact) mass is 361 g/mol. The fraction of sp³-hybridized carbons (Fsp3) is 0.737. The summed E-state index contributed by atoms with van der Waals surface area (Å²) in [5.41, 5.74) is 1.07. The minimum Gasteiger partial charge on any atom is -0.378 e. The Bertz CT molecular complexity index is 618. The minimum absolute atomic E-state index is 0.221. The Kier molecular flexibility index (Phi) is 6.43. The predicted molar refractivity (Wildman–Crippen MR) is 102 cm³/mol. The van der Waals surface area contributed by atoms with Crippen molar-refractivity contribution in [2.24, 2.45) is 0 Å². The molecule has 1 amide bonds. The van der Waals surface area contributed by atoms with Crippen molar-refractivity contribution in [1.29, 1.82) is 0 Å². The first-order chi connectivity index (χ1) is 12.6. The maximum absolute atomic E-state index is 12.6. The summed E-state index contributed by atoms with van der Waals surface area (Å²) in [7, 11) is 1.99. The van der Waals surface area contributed by atoms with Gasteiger partial charge in [0.25, 0.3) is 0 Å². The molecule has 144 valence electrons. The number of carbonyl (C=O) groups excluding carboxylic acids is 1. The number of rotatable bonds is 5. The smallest absolute Gasteiger partial charge is 0.236 e. The maximum Gasteiger partial charge on any atom is 0.236 e. The van der Waals surface area contributed by atoms with Gasteiger partial charge < -0.3 is 14.5 Å². The van der Waals surface area contributed by atoms with Gasteiger partial charge in [0.2, 0.25) is 5.91 Å². The molecule has 3 rings (SSSR count). The third-order valence-electron chi connectivity index (χ3n) is 5.32. The van der Waals surface area contributed by atoms with Crippen LogP contribution in [0.5, 0.6) is 0 Å². The molecule has 3 heterocycles. The zero-order valence-electron chi connectivity index (χ0n) is 16.3. The first kappa shape index (κ1) is 19.0. The first-order valence-corrected chi connectivity index (χ1v) is 9.71. The van der Waals surface area contributed by atoms with Gasteiger partial charge in [0.1, 0.15) is 11.6 Å². The summed E-state index contributed by atoms with van der Waals surface area (Å²) in [5.74, 6) is 2.31. The van der Waals surface area contributed by atoms with Crippen LogP contribution in [-0.2, 0) is 9.53 Å². The van der Waals surface area contributed by atoms with E-state index in [0.717, 1.165) is 76.1 Å². The fourth-order valence-corrected chi connectivity index (χ4v) is 3.63. The van der Waals surface area contributed by atoms with E-state index in [-0.39, 0.29) is 5.91 Å². The highest BCUT2D eigenvalue weighted by Crippen LogP contribution is 2.28. The number of likely N-dealkylation sites (N-methyl/N-ethyl adjacent to an activating group) is 1. The average Bonchev–Trinajstić information content (AvgIpc) is 2.68. The van der Waals surface area contributed by atoms with Crippen molar-refractivity contribution in [3.05, 3.63) is 17.6 Å². The largest absolute Gasteiger partial charge is 0.378 e. The Hall–Kier alpha value is -1.73. The van der Waals surface area contributed by atoms with E-state index in [2.05, 4.69) is 27.8 Å². The number of carbonyl (C=O) groups is 1. The number of hydrogen-bond acceptors (Lipinski definition) is 6. The quantitative estimate of drug-likeness (QED) is 0.787. The van der Waals surface area contributed by atoms with E-state index in [1.165, 1.54) is 0 Å². The Labute approximate surface area is 156 Å². The second kappa shape index (κ2) is 8.77. The summed E-state index contributed by atoms with van der Waals surface area (Å²) >= 11 is 0. The topological polar surface area (TPSA) is 61.8 Å². The molecule has 0 N–H and O–H groups in total. The van der Waals surface area contributed by atoms with E-state index in [9.17, 15) is 4.79 Å². The molecule has 0 aromatic carbocycles. The third kappa shape index (κ3) is 4.71. The molecule has 2 aliphatic rings. The highest BCUT2D eigenvalue weighted by Gasteiger charge is 2.27. The lowest BCUT2D eigenvalue weighted by Gasteiger charge is -2.34. The van der Waals surface area contributed by atoms with Gasteiger partial charge >= 0.3 is 0 Å². The molecule has 0 bridgehead atoms. The van der Waals surface area contributed by atoms with Crippen molar-refractivity contribution in [3.63, 3.8) is 0 Å². The van der Waals surface area contributed by atoms with Crippen LogP contribution in [0.2, 0.25) is 0 Å². The molecule has 0 spiro atoms. The van der Waals surface area contributed by atoms with Crippen LogP contribution in [0.15, 0.2) is 6.07 Å². The molecule has 0 saturated carbocycles. The number of piperidine rings is 1. The van der Waals surface area contributed by atoms with Gasteiger partial charge in [-0.3, -0.25) is 9.69 Å². The van der Waals surface area contributed by atoms with Gasteiger partial charge in [-0.2, -0.15) is 0 Å². The molecule has 0 radical (unpaired) electrons. The van der Waals surface area contributed by atoms with Crippen LogP contribution >= 0.6 is 0 Å². The fourth-order valence-electron chi connectivity index (χ4n) is 3.63. The van der Waals surface area contributed by atoms with Gasteiger partial charge in [-0.1, -0.05) is 6.92 Å². The van der Waals surface area contributed by atoms with E-state index in [0.29, 0.717) is 12.5 Å². The number of aryl methyl sites for hydroxylation is 1. The second-order valence-electron chi connectivity index (χ2n) is 7.31. The normalized spacial score (nSPS) is 21.3. The van der Waals surface area contributed by atoms with Gasteiger partial charge in [-0.15, -0.1) is 0 Å². The lowest BCUT2D eigenvalue weighted by Crippen LogP contribution is -2.44. The lowest BCUT2D eigenvalue weighted by atomic mass is 9.94. The summed E-state index contributed by atoms with van der Waals surface area (Å²) in [4.78, 5) is 28.2. The predicted octanol–water partition coefficient (Wildman–Crippen LogP) is 1.28. The summed E-state index contributed by atoms with van der Waals surface area (Å²) < 4.78 is 5.45. The Balaban J connectivity index is 1.71. The van der Waals surface area contributed by atoms with Gasteiger partial charge in [-0.05, 0) is 33.4 Å². The summed E-state index contributed by atoms with van der Waals surface area (Å²) in [5, 5.41) is 0. The van der Waals surface area contributed by atoms with Crippen LogP contribution in [0.1, 0.15) is 37.2 Å². The molecule has 26 heavy (non-hydrogen) atoms. The van der Waals surface area contributed by atoms with Crippen LogP contribution < -0.4 is 4.90 Å². The number of ether oxygens (including phenoxy) is 1. The Morgan fingerprint density at radius 3 is 2.81 bits per heavy atom. The van der Waals surface area contributed by atoms with Gasteiger partial charge in [0.05, 0.1) is 25.5 Å². The molecule has 7 nitrogen and oxygen atoms in total. The number of anilines is 1. The molecule has 1 aromatic rings. The van der Waals surface area contributed by atoms with Crippen molar-refractivity contribution < 1.29 is 9.53 Å². The zero-order valence-corrected chi connectivity index (χ0v) is 16.3. The van der Waals surface area contributed by atoms with Crippen LogP contribution in [0.25, 0.3) is 0 Å². The van der Waals surface area contributed by atoms with Crippen LogP contribution in [0, 0.1) is 6.92 Å². The highest BCUT2D eigenvalue weighted by molar-refractivity contribution is 5.78. The van der Waals surface area contributed by atoms with Crippen molar-refractivity contribution in [2.75, 3.05) is 64.4 Å². The van der Waals surface area contributed by atoms with Crippen LogP contribution in [0.3, 0.4) is 0 Å². The summed E-state index contributed by atoms with van der Waals surface area (Å²) in [6.45, 7) is 10.2. The molecule has 1 aromatic heterocycles. The Morgan fingerprint density at radius 2 is 2.08 bits per heavy atom. The van der Waals surface area contributed by atoms with E-state index in [1.54, 1.807) is 0 Å². The van der Waals surface area contributed by atoms with Crippen molar-refractivity contribution >= 4 is 11.7 Å². The average molecular weight is 361 g/mol. The number of likely N-dealkylation sites (tertiary alicyclic amines) is 1. The zero-order chi connectivity index (χ0) is 18.5. The standard InChI is InChI=1S/C19H31N5O2/c1-4-22(3)14-19(25)24-7-5-6-16(13-24)17-12-18(21-15(2)20-17)23-8-10-26-11-9-23/h12,16H,4-11,13-14H2,1-3H3/t16-/m0/s1. The van der Waals surface area contributed by atoms with E-state index in [4.69, 9.17) is 9.72 Å². The molecule has 7 heteroatoms. The van der Waals surface area contributed by atoms with Gasteiger partial charge in [0.15, 0.2) is 0 Å². The minimum atomic E-state index is 0.221. The third-order valence-corrected chi connectivity index (χ3v) is 5.32. The molecule has 1 atom stereocenters. The molecule has 0 aliphatic carbocycles. The highest BCUT2D eigenvalue weighted by atomic mass is 16.5. The van der Waals surface area contributed by atoms with Crippen molar-refractivity contribution in [2.45, 2.75) is 32.6 Å². The summed E-state index contributed by atoms with van der Waals surface area (Å²) in [6, 6.07) is 2.12. The summed E-state index contributed by atoms with van der Waals surface area (Å²) in [6.07, 6.45) is 2.11. The van der Waals surface area contributed by atoms with Crippen LogP contribution in [-0.4, -0.2) is 85.2 Å². The van der Waals surface area contributed by atoms with Crippen LogP contribution in [0.4, 0.5) is 5.82 Å². The number of morpholine rings is 1. The molecule has 2 fully saturated rings. The second-order valence-corrected chi connectivity index (χ2v) is 7.31. The first-order valence-electron chi connectivity index (χ1n) is 9.71. The molecule has 0 unspecified atom stereocenters. The number of nitrogens with zero attached hydrogens (tertiary/aromatic N) is 5. The lowest BCUT2D eigenvalue weighted by molar-refractivity contribution is -0.133. The molecule has 2 aliphatic heterocycles. The molecular weight excluding hydrogens is 330 g/mol. The van der Waals surface area contributed by atoms with E-state index >= 15 is 0 Å². The number of amides is 1. The molecule has 2 saturated heterocycles. The number of hydrogen-bond donors (Lipinski definition) is 0. The van der Waals surface area contributed by atoms with Gasteiger partial charge in [0, 0.05) is 38.2 Å². The maximum atomic E-state index is 12.6.